The van der Waals surface area contributed by atoms with Crippen molar-refractivity contribution in [1.82, 2.24) is 4.31 Å². The van der Waals surface area contributed by atoms with Gasteiger partial charge in [0.25, 0.3) is 0 Å². The van der Waals surface area contributed by atoms with Gasteiger partial charge in [0.2, 0.25) is 0 Å². The summed E-state index contributed by atoms with van der Waals surface area (Å²) < 4.78 is 2.14. The molecule has 1 spiro atoms. The predicted octanol–water partition coefficient (Wildman–Crippen LogP) is 2.10. The summed E-state index contributed by atoms with van der Waals surface area (Å²) in [6.07, 6.45) is 7.31. The second kappa shape index (κ2) is 2.42. The lowest BCUT2D eigenvalue weighted by Crippen LogP contribution is -2.52. The Bertz CT molecular complexity index is 114. The van der Waals surface area contributed by atoms with Gasteiger partial charge in [0.15, 0.2) is 0 Å². The highest BCUT2D eigenvalue weighted by Crippen LogP contribution is 2.44. The lowest BCUT2D eigenvalue weighted by Gasteiger charge is -2.50. The molecule has 2 rings (SSSR count). The first-order valence-corrected chi connectivity index (χ1v) is 4.65. The third kappa shape index (κ3) is 1.08. The standard InChI is InChI=1S/C8H15NS/c10-9-6-8(7-9)4-2-1-3-5-8/h10H,1-7H2. The minimum Gasteiger partial charge on any atom is -0.252 e. The molecule has 0 aromatic rings. The monoisotopic (exact) mass is 157 g/mol. The SMILES string of the molecule is SN1CC2(CCCCC2)C1. The van der Waals surface area contributed by atoms with Crippen molar-refractivity contribution < 1.29 is 0 Å². The summed E-state index contributed by atoms with van der Waals surface area (Å²) in [7, 11) is 0. The van der Waals surface area contributed by atoms with Crippen LogP contribution < -0.4 is 0 Å². The fourth-order valence-electron chi connectivity index (χ4n) is 2.35. The van der Waals surface area contributed by atoms with Crippen LogP contribution in [0.3, 0.4) is 0 Å². The molecule has 0 unspecified atom stereocenters. The van der Waals surface area contributed by atoms with Gasteiger partial charge in [-0.2, -0.15) is 0 Å². The Morgan fingerprint density at radius 1 is 1.00 bits per heavy atom. The number of hydrogen-bond donors (Lipinski definition) is 1. The summed E-state index contributed by atoms with van der Waals surface area (Å²) in [6.45, 7) is 2.49. The van der Waals surface area contributed by atoms with Crippen LogP contribution in [-0.2, 0) is 0 Å². The zero-order chi connectivity index (χ0) is 7.03. The number of hydrogen-bond acceptors (Lipinski definition) is 2. The molecule has 2 aliphatic rings. The molecule has 1 heterocycles. The van der Waals surface area contributed by atoms with Crippen molar-refractivity contribution in [3.63, 3.8) is 0 Å². The molecule has 0 aromatic carbocycles. The van der Waals surface area contributed by atoms with Crippen molar-refractivity contribution in [2.24, 2.45) is 5.41 Å². The van der Waals surface area contributed by atoms with Gasteiger partial charge in [-0.3, -0.25) is 4.31 Å². The number of nitrogens with zero attached hydrogens (tertiary/aromatic N) is 1. The van der Waals surface area contributed by atoms with E-state index in [1.807, 2.05) is 0 Å². The van der Waals surface area contributed by atoms with Gasteiger partial charge in [-0.15, -0.1) is 0 Å². The molecule has 0 N–H and O–H groups in total. The molecule has 1 saturated carbocycles. The van der Waals surface area contributed by atoms with Gasteiger partial charge in [-0.05, 0) is 18.3 Å². The Morgan fingerprint density at radius 2 is 1.60 bits per heavy atom. The molecule has 2 fully saturated rings. The summed E-state index contributed by atoms with van der Waals surface area (Å²) in [6, 6.07) is 0. The maximum Gasteiger partial charge on any atom is 0.0156 e. The van der Waals surface area contributed by atoms with Crippen LogP contribution in [0, 0.1) is 5.41 Å². The molecular weight excluding hydrogens is 142 g/mol. The van der Waals surface area contributed by atoms with E-state index in [4.69, 9.17) is 0 Å². The molecule has 0 radical (unpaired) electrons. The van der Waals surface area contributed by atoms with E-state index >= 15 is 0 Å². The van der Waals surface area contributed by atoms with Gasteiger partial charge in [0, 0.05) is 13.1 Å². The van der Waals surface area contributed by atoms with Crippen molar-refractivity contribution in [2.75, 3.05) is 13.1 Å². The van der Waals surface area contributed by atoms with Crippen molar-refractivity contribution in [3.05, 3.63) is 0 Å². The van der Waals surface area contributed by atoms with Crippen LogP contribution >= 0.6 is 12.8 Å². The fourth-order valence-corrected chi connectivity index (χ4v) is 2.95. The molecule has 1 saturated heterocycles. The summed E-state index contributed by atoms with van der Waals surface area (Å²) in [4.78, 5) is 0. The van der Waals surface area contributed by atoms with Crippen molar-refractivity contribution in [3.8, 4) is 0 Å². The van der Waals surface area contributed by atoms with E-state index in [0.29, 0.717) is 0 Å². The first kappa shape index (κ1) is 6.99. The van der Waals surface area contributed by atoms with Crippen LogP contribution in [0.4, 0.5) is 0 Å². The second-order valence-corrected chi connectivity index (χ2v) is 4.45. The average Bonchev–Trinajstić information content (AvgIpc) is 1.87. The van der Waals surface area contributed by atoms with E-state index in [-0.39, 0.29) is 0 Å². The molecule has 0 aromatic heterocycles. The molecule has 2 heteroatoms. The van der Waals surface area contributed by atoms with Crippen molar-refractivity contribution in [1.29, 1.82) is 0 Å². The lowest BCUT2D eigenvalue weighted by atomic mass is 9.70. The molecule has 1 nitrogen and oxygen atoms in total. The second-order valence-electron chi connectivity index (χ2n) is 3.88. The van der Waals surface area contributed by atoms with E-state index in [1.54, 1.807) is 0 Å². The normalized spacial score (nSPS) is 32.1. The highest BCUT2D eigenvalue weighted by Gasteiger charge is 2.41. The zero-order valence-corrected chi connectivity index (χ0v) is 7.24. The Morgan fingerprint density at radius 3 is 2.10 bits per heavy atom. The van der Waals surface area contributed by atoms with Crippen LogP contribution in [0.2, 0.25) is 0 Å². The molecule has 58 valence electrons. The molecule has 1 aliphatic heterocycles. The third-order valence-electron chi connectivity index (χ3n) is 2.95. The van der Waals surface area contributed by atoms with Gasteiger partial charge < -0.3 is 0 Å². The average molecular weight is 157 g/mol. The molecule has 1 aliphatic carbocycles. The van der Waals surface area contributed by atoms with Gasteiger partial charge >= 0.3 is 0 Å². The first-order valence-electron chi connectivity index (χ1n) is 4.25. The van der Waals surface area contributed by atoms with Gasteiger partial charge in [-0.25, -0.2) is 0 Å². The highest BCUT2D eigenvalue weighted by atomic mass is 32.1. The molecule has 10 heavy (non-hydrogen) atoms. The number of rotatable bonds is 0. The minimum absolute atomic E-state index is 0.722. The van der Waals surface area contributed by atoms with Crippen LogP contribution in [-0.4, -0.2) is 17.4 Å². The predicted molar refractivity (Wildman–Crippen MR) is 46.1 cm³/mol. The van der Waals surface area contributed by atoms with Gasteiger partial charge in [-0.1, -0.05) is 32.1 Å². The molecule has 0 amide bonds. The van der Waals surface area contributed by atoms with E-state index < -0.39 is 0 Å². The van der Waals surface area contributed by atoms with E-state index in [9.17, 15) is 0 Å². The van der Waals surface area contributed by atoms with E-state index in [2.05, 4.69) is 17.1 Å². The van der Waals surface area contributed by atoms with Crippen LogP contribution in [0.25, 0.3) is 0 Å². The summed E-state index contributed by atoms with van der Waals surface area (Å²) >= 11 is 4.30. The zero-order valence-electron chi connectivity index (χ0n) is 6.34. The largest absolute Gasteiger partial charge is 0.252 e. The van der Waals surface area contributed by atoms with Crippen molar-refractivity contribution in [2.45, 2.75) is 32.1 Å². The van der Waals surface area contributed by atoms with Crippen LogP contribution in [0.5, 0.6) is 0 Å². The first-order chi connectivity index (χ1) is 4.81. The summed E-state index contributed by atoms with van der Waals surface area (Å²) in [5.74, 6) is 0. The van der Waals surface area contributed by atoms with Crippen LogP contribution in [0.15, 0.2) is 0 Å². The minimum atomic E-state index is 0.722. The van der Waals surface area contributed by atoms with Crippen molar-refractivity contribution >= 4 is 12.8 Å². The topological polar surface area (TPSA) is 3.24 Å². The molecule has 0 bridgehead atoms. The Kier molecular flexibility index (Phi) is 1.69. The Labute approximate surface area is 68.3 Å². The fraction of sp³-hybridized carbons (Fsp3) is 1.00. The maximum atomic E-state index is 4.30. The smallest absolute Gasteiger partial charge is 0.0156 e. The summed E-state index contributed by atoms with van der Waals surface area (Å²) in [5, 5.41) is 0. The van der Waals surface area contributed by atoms with Gasteiger partial charge in [0.05, 0.1) is 0 Å². The van der Waals surface area contributed by atoms with Gasteiger partial charge in [0.1, 0.15) is 0 Å². The quantitative estimate of drug-likeness (QED) is 0.527. The molecular formula is C8H15NS. The summed E-state index contributed by atoms with van der Waals surface area (Å²) in [5.41, 5.74) is 0.722. The Balaban J connectivity index is 1.90. The maximum absolute atomic E-state index is 4.30. The highest BCUT2D eigenvalue weighted by molar-refractivity contribution is 7.77. The van der Waals surface area contributed by atoms with E-state index in [0.717, 1.165) is 5.41 Å². The number of thiol groups is 1. The molecule has 0 atom stereocenters. The van der Waals surface area contributed by atoms with E-state index in [1.165, 1.54) is 45.2 Å². The van der Waals surface area contributed by atoms with Crippen LogP contribution in [0.1, 0.15) is 32.1 Å². The third-order valence-corrected chi connectivity index (χ3v) is 3.23. The Hall–Kier alpha value is 0.310. The lowest BCUT2D eigenvalue weighted by molar-refractivity contribution is 0.0397.